The molecule has 2 saturated heterocycles. The van der Waals surface area contributed by atoms with Crippen molar-refractivity contribution in [2.24, 2.45) is 0 Å². The minimum Gasteiger partial charge on any atom is -0.383 e. The molecule has 184 valence electrons. The van der Waals surface area contributed by atoms with Crippen LogP contribution < -0.4 is 15.1 Å². The van der Waals surface area contributed by atoms with Crippen molar-refractivity contribution < 1.29 is 9.47 Å². The zero-order chi connectivity index (χ0) is 24.4. The first kappa shape index (κ1) is 23.8. The number of anilines is 2. The Morgan fingerprint density at radius 3 is 2.51 bits per heavy atom. The van der Waals surface area contributed by atoms with Crippen LogP contribution in [0.25, 0.3) is 0 Å². The number of nitrogens with one attached hydrogen (secondary N) is 1. The highest BCUT2D eigenvalue weighted by Gasteiger charge is 2.42. The highest BCUT2D eigenvalue weighted by Crippen LogP contribution is 2.43. The number of pyridine rings is 1. The topological polar surface area (TPSA) is 54.8 Å². The highest BCUT2D eigenvalue weighted by atomic mass is 32.1. The number of thiocarbonyl (C=S) groups is 1. The van der Waals surface area contributed by atoms with Crippen molar-refractivity contribution in [2.45, 2.75) is 32.5 Å². The maximum atomic E-state index is 5.92. The SMILES string of the molecule is COCCn1c(C)cc([C@@H]2[C@@H](c3ccccn3)NC(=S)N2c2ccc(N3CCOCC3)cc2)c1C. The van der Waals surface area contributed by atoms with Crippen molar-refractivity contribution in [1.82, 2.24) is 14.9 Å². The smallest absolute Gasteiger partial charge is 0.174 e. The Kier molecular flexibility index (Phi) is 7.04. The van der Waals surface area contributed by atoms with E-state index in [1.54, 1.807) is 7.11 Å². The molecule has 35 heavy (non-hydrogen) atoms. The maximum absolute atomic E-state index is 5.92. The van der Waals surface area contributed by atoms with Crippen molar-refractivity contribution in [3.63, 3.8) is 0 Å². The van der Waals surface area contributed by atoms with E-state index in [9.17, 15) is 0 Å². The van der Waals surface area contributed by atoms with E-state index in [1.807, 2.05) is 18.3 Å². The summed E-state index contributed by atoms with van der Waals surface area (Å²) in [5.41, 5.74) is 6.96. The number of aromatic nitrogens is 2. The Morgan fingerprint density at radius 2 is 1.83 bits per heavy atom. The van der Waals surface area contributed by atoms with E-state index in [4.69, 9.17) is 21.7 Å². The molecule has 8 heteroatoms. The second-order valence-corrected chi connectivity index (χ2v) is 9.47. The minimum atomic E-state index is -0.0565. The summed E-state index contributed by atoms with van der Waals surface area (Å²) in [5.74, 6) is 0. The lowest BCUT2D eigenvalue weighted by atomic mass is 9.96. The van der Waals surface area contributed by atoms with E-state index < -0.39 is 0 Å². The van der Waals surface area contributed by atoms with Gasteiger partial charge in [0.2, 0.25) is 0 Å². The summed E-state index contributed by atoms with van der Waals surface area (Å²) in [4.78, 5) is 9.31. The molecule has 4 heterocycles. The summed E-state index contributed by atoms with van der Waals surface area (Å²) < 4.78 is 13.2. The molecule has 2 atom stereocenters. The fraction of sp³-hybridized carbons (Fsp3) is 0.407. The molecule has 0 bridgehead atoms. The molecule has 1 N–H and O–H groups in total. The van der Waals surface area contributed by atoms with Gasteiger partial charge in [0.1, 0.15) is 0 Å². The Bertz CT molecular complexity index is 1160. The molecular weight excluding hydrogens is 458 g/mol. The maximum Gasteiger partial charge on any atom is 0.174 e. The van der Waals surface area contributed by atoms with Crippen molar-refractivity contribution in [2.75, 3.05) is 49.8 Å². The molecule has 2 aliphatic rings. The summed E-state index contributed by atoms with van der Waals surface area (Å²) in [7, 11) is 1.74. The zero-order valence-corrected chi connectivity index (χ0v) is 21.4. The number of hydrogen-bond acceptors (Lipinski definition) is 5. The van der Waals surface area contributed by atoms with E-state index in [2.05, 4.69) is 74.9 Å². The monoisotopic (exact) mass is 491 g/mol. The summed E-state index contributed by atoms with van der Waals surface area (Å²) in [6.07, 6.45) is 1.85. The molecule has 3 aromatic rings. The van der Waals surface area contributed by atoms with Gasteiger partial charge in [0, 0.05) is 55.7 Å². The molecule has 0 radical (unpaired) electrons. The van der Waals surface area contributed by atoms with Crippen LogP contribution >= 0.6 is 12.2 Å². The van der Waals surface area contributed by atoms with Crippen LogP contribution in [0.4, 0.5) is 11.4 Å². The number of rotatable bonds is 7. The summed E-state index contributed by atoms with van der Waals surface area (Å²) in [6, 6.07) is 17.0. The predicted octanol–water partition coefficient (Wildman–Crippen LogP) is 4.16. The van der Waals surface area contributed by atoms with Gasteiger partial charge in [-0.25, -0.2) is 0 Å². The molecule has 2 fully saturated rings. The Balaban J connectivity index is 1.54. The third-order valence-corrected chi connectivity index (χ3v) is 7.37. The van der Waals surface area contributed by atoms with E-state index in [-0.39, 0.29) is 12.1 Å². The standard InChI is InChI=1S/C27H33N5O2S/c1-19-18-23(20(2)31(19)14-15-33-3)26-25(24-6-4-5-11-28-24)29-27(35)32(26)22-9-7-21(8-10-22)30-12-16-34-17-13-30/h4-11,18,25-26H,12-17H2,1-3H3,(H,29,35)/t25-,26-/m1/s1. The molecule has 0 saturated carbocycles. The molecule has 5 rings (SSSR count). The summed E-state index contributed by atoms with van der Waals surface area (Å²) >= 11 is 5.92. The summed E-state index contributed by atoms with van der Waals surface area (Å²) in [5, 5.41) is 4.29. The van der Waals surface area contributed by atoms with Gasteiger partial charge in [0.05, 0.1) is 37.6 Å². The second kappa shape index (κ2) is 10.4. The lowest BCUT2D eigenvalue weighted by Crippen LogP contribution is -2.36. The lowest BCUT2D eigenvalue weighted by Gasteiger charge is -2.31. The predicted molar refractivity (Wildman–Crippen MR) is 143 cm³/mol. The van der Waals surface area contributed by atoms with Crippen LogP contribution in [0.3, 0.4) is 0 Å². The first-order valence-corrected chi connectivity index (χ1v) is 12.6. The van der Waals surface area contributed by atoms with E-state index >= 15 is 0 Å². The van der Waals surface area contributed by atoms with E-state index in [0.29, 0.717) is 11.7 Å². The first-order chi connectivity index (χ1) is 17.1. The molecular formula is C27H33N5O2S. The molecule has 7 nitrogen and oxygen atoms in total. The third-order valence-electron chi connectivity index (χ3n) is 7.05. The number of benzene rings is 1. The Hall–Kier alpha value is -2.94. The van der Waals surface area contributed by atoms with Gasteiger partial charge >= 0.3 is 0 Å². The summed E-state index contributed by atoms with van der Waals surface area (Å²) in [6.45, 7) is 9.22. The third kappa shape index (κ3) is 4.66. The van der Waals surface area contributed by atoms with Crippen LogP contribution in [0.5, 0.6) is 0 Å². The van der Waals surface area contributed by atoms with Gasteiger partial charge in [-0.2, -0.15) is 0 Å². The van der Waals surface area contributed by atoms with Gasteiger partial charge in [-0.1, -0.05) is 6.07 Å². The number of hydrogen-bond donors (Lipinski definition) is 1. The number of ether oxygens (including phenoxy) is 2. The largest absolute Gasteiger partial charge is 0.383 e. The normalized spacial score (nSPS) is 20.4. The molecule has 0 aliphatic carbocycles. The molecule has 0 unspecified atom stereocenters. The van der Waals surface area contributed by atoms with Gasteiger partial charge < -0.3 is 29.2 Å². The van der Waals surface area contributed by atoms with Gasteiger partial charge in [0.25, 0.3) is 0 Å². The van der Waals surface area contributed by atoms with Crippen molar-refractivity contribution in [3.8, 4) is 0 Å². The number of nitrogens with zero attached hydrogens (tertiary/aromatic N) is 4. The molecule has 1 aromatic carbocycles. The van der Waals surface area contributed by atoms with Crippen molar-refractivity contribution in [1.29, 1.82) is 0 Å². The van der Waals surface area contributed by atoms with E-state index in [0.717, 1.165) is 44.2 Å². The van der Waals surface area contributed by atoms with Crippen LogP contribution in [0, 0.1) is 13.8 Å². The van der Waals surface area contributed by atoms with Gasteiger partial charge in [-0.3, -0.25) is 4.98 Å². The van der Waals surface area contributed by atoms with Gasteiger partial charge in [-0.05, 0) is 74.1 Å². The average molecular weight is 492 g/mol. The van der Waals surface area contributed by atoms with Crippen LogP contribution in [-0.2, 0) is 16.0 Å². The quantitative estimate of drug-likeness (QED) is 0.498. The van der Waals surface area contributed by atoms with Crippen LogP contribution in [0.2, 0.25) is 0 Å². The second-order valence-electron chi connectivity index (χ2n) is 9.08. The number of morpholine rings is 1. The van der Waals surface area contributed by atoms with Crippen LogP contribution in [0.1, 0.15) is 34.7 Å². The zero-order valence-electron chi connectivity index (χ0n) is 20.6. The number of aryl methyl sites for hydroxylation is 1. The molecule has 2 aliphatic heterocycles. The van der Waals surface area contributed by atoms with Crippen molar-refractivity contribution in [3.05, 3.63) is 77.4 Å². The average Bonchev–Trinajstić information content (AvgIpc) is 3.38. The molecule has 2 aromatic heterocycles. The Morgan fingerprint density at radius 1 is 1.09 bits per heavy atom. The van der Waals surface area contributed by atoms with Crippen LogP contribution in [-0.4, -0.2) is 54.7 Å². The molecule has 0 spiro atoms. The highest BCUT2D eigenvalue weighted by molar-refractivity contribution is 7.80. The Labute approximate surface area is 212 Å². The number of methoxy groups -OCH3 is 1. The van der Waals surface area contributed by atoms with Gasteiger partial charge in [-0.15, -0.1) is 0 Å². The first-order valence-electron chi connectivity index (χ1n) is 12.2. The van der Waals surface area contributed by atoms with Crippen molar-refractivity contribution >= 4 is 28.7 Å². The van der Waals surface area contributed by atoms with Gasteiger partial charge in [0.15, 0.2) is 5.11 Å². The van der Waals surface area contributed by atoms with E-state index in [1.165, 1.54) is 22.6 Å². The lowest BCUT2D eigenvalue weighted by molar-refractivity contribution is 0.122. The fourth-order valence-corrected chi connectivity index (χ4v) is 5.59. The fourth-order valence-electron chi connectivity index (χ4n) is 5.25. The van der Waals surface area contributed by atoms with Crippen LogP contribution in [0.15, 0.2) is 54.7 Å². The minimum absolute atomic E-state index is 0.0193. The molecule has 0 amide bonds.